The Kier molecular flexibility index (Phi) is 4.75. The summed E-state index contributed by atoms with van der Waals surface area (Å²) in [4.78, 5) is 17.4. The predicted molar refractivity (Wildman–Crippen MR) is 117 cm³/mol. The summed E-state index contributed by atoms with van der Waals surface area (Å²) in [7, 11) is 0. The van der Waals surface area contributed by atoms with E-state index in [4.69, 9.17) is 11.6 Å². The zero-order valence-electron chi connectivity index (χ0n) is 17.6. The van der Waals surface area contributed by atoms with Crippen molar-refractivity contribution in [2.75, 3.05) is 5.32 Å². The van der Waals surface area contributed by atoms with E-state index in [1.165, 1.54) is 12.1 Å². The van der Waals surface area contributed by atoms with Crippen molar-refractivity contribution in [3.05, 3.63) is 70.5 Å². The normalized spacial score (nSPS) is 20.2. The van der Waals surface area contributed by atoms with Gasteiger partial charge in [-0.15, -0.1) is 0 Å². The molecule has 2 amide bonds. The third-order valence-corrected chi connectivity index (χ3v) is 6.84. The molecule has 4 heterocycles. The van der Waals surface area contributed by atoms with Gasteiger partial charge >= 0.3 is 6.03 Å². The first-order valence-electron chi connectivity index (χ1n) is 10.6. The van der Waals surface area contributed by atoms with E-state index in [2.05, 4.69) is 25.2 Å². The third kappa shape index (κ3) is 3.25. The maximum atomic E-state index is 15.2. The number of benzene rings is 2. The standard InChI is InChI=1S/C23H14ClF4N5O2/c24-13-9-16(14(25)8-12(13)10-1-2-15-17(7-10)32-35-31-15)30-22(34)33-18-3-4-19(33)23(27,28)20-11(18)5-6-29-21(20)26/h1-2,5-9,18-19H,3-4H2,(H,30,34)/t18-,19+/m0/s1. The SMILES string of the molecule is O=C(Nc1cc(Cl)c(-c2ccc3nonc3c2)cc1F)N1[C@H]2CC[C@@H]1C(F)(F)c1c2ccnc1F. The number of rotatable bonds is 2. The fraction of sp³-hybridized carbons (Fsp3) is 0.217. The van der Waals surface area contributed by atoms with Crippen molar-refractivity contribution in [1.29, 1.82) is 0 Å². The molecule has 4 aromatic rings. The van der Waals surface area contributed by atoms with Crippen molar-refractivity contribution < 1.29 is 27.0 Å². The van der Waals surface area contributed by atoms with Gasteiger partial charge in [0.1, 0.15) is 22.9 Å². The molecule has 1 N–H and O–H groups in total. The van der Waals surface area contributed by atoms with Gasteiger partial charge in [-0.25, -0.2) is 18.8 Å². The molecule has 1 fully saturated rings. The summed E-state index contributed by atoms with van der Waals surface area (Å²) in [6.45, 7) is 0. The van der Waals surface area contributed by atoms with Gasteiger partial charge in [0.2, 0.25) is 5.95 Å². The number of amides is 2. The second-order valence-corrected chi connectivity index (χ2v) is 8.82. The summed E-state index contributed by atoms with van der Waals surface area (Å²) >= 11 is 6.37. The van der Waals surface area contributed by atoms with Crippen LogP contribution in [-0.4, -0.2) is 32.3 Å². The van der Waals surface area contributed by atoms with Crippen LogP contribution in [0.1, 0.15) is 30.0 Å². The van der Waals surface area contributed by atoms with Crippen molar-refractivity contribution in [3.8, 4) is 11.1 Å². The van der Waals surface area contributed by atoms with E-state index in [-0.39, 0.29) is 29.1 Å². The maximum Gasteiger partial charge on any atom is 0.322 e. The maximum absolute atomic E-state index is 15.2. The highest BCUT2D eigenvalue weighted by Gasteiger charge is 2.59. The van der Waals surface area contributed by atoms with E-state index in [1.54, 1.807) is 18.2 Å². The molecule has 2 aromatic heterocycles. The number of fused-ring (bicyclic) bond motifs is 5. The molecule has 0 aliphatic carbocycles. The minimum atomic E-state index is -3.65. The summed E-state index contributed by atoms with van der Waals surface area (Å²) in [5, 5.41) is 9.92. The number of anilines is 1. The van der Waals surface area contributed by atoms with Crippen LogP contribution in [0, 0.1) is 11.8 Å². The lowest BCUT2D eigenvalue weighted by Gasteiger charge is -2.40. The lowest BCUT2D eigenvalue weighted by molar-refractivity contribution is -0.0827. The Morgan fingerprint density at radius 2 is 1.91 bits per heavy atom. The van der Waals surface area contributed by atoms with Gasteiger partial charge < -0.3 is 10.2 Å². The summed E-state index contributed by atoms with van der Waals surface area (Å²) in [5.41, 5.74) is 0.767. The third-order valence-electron chi connectivity index (χ3n) is 6.53. The Hall–Kier alpha value is -3.73. The van der Waals surface area contributed by atoms with Gasteiger partial charge in [0.25, 0.3) is 5.92 Å². The van der Waals surface area contributed by atoms with Crippen LogP contribution in [0.25, 0.3) is 22.2 Å². The van der Waals surface area contributed by atoms with Crippen LogP contribution < -0.4 is 5.32 Å². The number of urea groups is 1. The van der Waals surface area contributed by atoms with Crippen molar-refractivity contribution in [1.82, 2.24) is 20.2 Å². The van der Waals surface area contributed by atoms with E-state index >= 15 is 13.2 Å². The van der Waals surface area contributed by atoms with Crippen LogP contribution in [0.5, 0.6) is 0 Å². The number of carbonyl (C=O) groups is 1. The van der Waals surface area contributed by atoms with E-state index in [0.717, 1.165) is 17.2 Å². The van der Waals surface area contributed by atoms with Crippen molar-refractivity contribution in [2.24, 2.45) is 0 Å². The molecule has 2 bridgehead atoms. The molecule has 2 aliphatic rings. The van der Waals surface area contributed by atoms with Crippen LogP contribution in [0.3, 0.4) is 0 Å². The second kappa shape index (κ2) is 7.64. The number of carbonyl (C=O) groups excluding carboxylic acids is 1. The van der Waals surface area contributed by atoms with Gasteiger partial charge in [0.15, 0.2) is 0 Å². The van der Waals surface area contributed by atoms with E-state index in [9.17, 15) is 9.18 Å². The Balaban J connectivity index is 1.32. The number of aromatic nitrogens is 3. The first-order chi connectivity index (χ1) is 16.8. The highest BCUT2D eigenvalue weighted by atomic mass is 35.5. The Morgan fingerprint density at radius 3 is 2.74 bits per heavy atom. The molecule has 0 radical (unpaired) electrons. The molecule has 178 valence electrons. The minimum absolute atomic E-state index is 0.00186. The minimum Gasteiger partial charge on any atom is -0.308 e. The molecule has 35 heavy (non-hydrogen) atoms. The quantitative estimate of drug-likeness (QED) is 0.265. The number of pyridine rings is 1. The summed E-state index contributed by atoms with van der Waals surface area (Å²) < 4.78 is 64.2. The Morgan fingerprint density at radius 1 is 1.11 bits per heavy atom. The largest absolute Gasteiger partial charge is 0.322 e. The van der Waals surface area contributed by atoms with Crippen LogP contribution >= 0.6 is 11.6 Å². The Bertz CT molecular complexity index is 1510. The van der Waals surface area contributed by atoms with E-state index in [1.807, 2.05) is 0 Å². The number of hydrogen-bond donors (Lipinski definition) is 1. The van der Waals surface area contributed by atoms with Crippen molar-refractivity contribution in [3.63, 3.8) is 0 Å². The van der Waals surface area contributed by atoms with Gasteiger partial charge in [-0.2, -0.15) is 13.2 Å². The summed E-state index contributed by atoms with van der Waals surface area (Å²) in [6, 6.07) is 5.22. The van der Waals surface area contributed by atoms with Crippen LogP contribution in [0.2, 0.25) is 5.02 Å². The van der Waals surface area contributed by atoms with Crippen LogP contribution in [-0.2, 0) is 5.92 Å². The van der Waals surface area contributed by atoms with Gasteiger partial charge in [-0.1, -0.05) is 17.7 Å². The van der Waals surface area contributed by atoms with Crippen molar-refractivity contribution >= 4 is 34.4 Å². The van der Waals surface area contributed by atoms with Gasteiger partial charge in [0, 0.05) is 11.8 Å². The number of hydrogen-bond acceptors (Lipinski definition) is 5. The lowest BCUT2D eigenvalue weighted by Crippen LogP contribution is -2.52. The molecule has 1 saturated heterocycles. The second-order valence-electron chi connectivity index (χ2n) is 8.41. The highest BCUT2D eigenvalue weighted by Crippen LogP contribution is 2.54. The monoisotopic (exact) mass is 503 g/mol. The smallest absolute Gasteiger partial charge is 0.308 e. The predicted octanol–water partition coefficient (Wildman–Crippen LogP) is 6.06. The number of nitrogens with zero attached hydrogens (tertiary/aromatic N) is 4. The molecule has 0 saturated carbocycles. The van der Waals surface area contributed by atoms with Crippen LogP contribution in [0.4, 0.5) is 28.0 Å². The van der Waals surface area contributed by atoms with Gasteiger partial charge in [-0.3, -0.25) is 0 Å². The van der Waals surface area contributed by atoms with Crippen molar-refractivity contribution in [2.45, 2.75) is 30.8 Å². The van der Waals surface area contributed by atoms with Gasteiger partial charge in [-0.05, 0) is 64.6 Å². The van der Waals surface area contributed by atoms with Gasteiger partial charge in [0.05, 0.1) is 22.3 Å². The molecule has 12 heteroatoms. The molecule has 6 rings (SSSR count). The number of nitrogens with one attached hydrogen (secondary N) is 1. The average Bonchev–Trinajstić information content (AvgIpc) is 3.45. The molecular weight excluding hydrogens is 490 g/mol. The topological polar surface area (TPSA) is 84.2 Å². The number of halogens is 5. The lowest BCUT2D eigenvalue weighted by atomic mass is 9.91. The summed E-state index contributed by atoms with van der Waals surface area (Å²) in [6.07, 6.45) is 1.26. The molecule has 2 aliphatic heterocycles. The van der Waals surface area contributed by atoms with E-state index in [0.29, 0.717) is 22.2 Å². The Labute approximate surface area is 199 Å². The molecule has 0 spiro atoms. The number of alkyl halides is 2. The molecule has 0 unspecified atom stereocenters. The average molecular weight is 504 g/mol. The summed E-state index contributed by atoms with van der Waals surface area (Å²) in [5.74, 6) is -5.72. The molecule has 7 nitrogen and oxygen atoms in total. The van der Waals surface area contributed by atoms with Crippen LogP contribution in [0.15, 0.2) is 47.2 Å². The first-order valence-corrected chi connectivity index (χ1v) is 11.0. The zero-order chi connectivity index (χ0) is 24.5. The molecular formula is C23H14ClF4N5O2. The zero-order valence-corrected chi connectivity index (χ0v) is 18.4. The van der Waals surface area contributed by atoms with E-state index < -0.39 is 41.4 Å². The first kappa shape index (κ1) is 21.8. The molecule has 2 atom stereocenters. The fourth-order valence-corrected chi connectivity index (χ4v) is 5.25. The highest BCUT2D eigenvalue weighted by molar-refractivity contribution is 6.33. The molecule has 2 aromatic carbocycles. The fourth-order valence-electron chi connectivity index (χ4n) is 4.97.